The van der Waals surface area contributed by atoms with Gasteiger partial charge in [-0.2, -0.15) is 5.26 Å². The van der Waals surface area contributed by atoms with Crippen LogP contribution in [0.1, 0.15) is 25.0 Å². The molecule has 4 nitrogen and oxygen atoms in total. The Morgan fingerprint density at radius 1 is 1.14 bits per heavy atom. The Morgan fingerprint density at radius 3 is 2.24 bits per heavy atom. The topological polar surface area (TPSA) is 45.5 Å². The Balaban J connectivity index is 2.87. The van der Waals surface area contributed by atoms with Crippen LogP contribution in [0.3, 0.4) is 0 Å². The van der Waals surface area contributed by atoms with Crippen molar-refractivity contribution in [3.63, 3.8) is 0 Å². The molecular weight excluding hydrogens is 332 g/mol. The fourth-order valence-electron chi connectivity index (χ4n) is 2.02. The lowest BCUT2D eigenvalue weighted by Crippen LogP contribution is -2.31. The van der Waals surface area contributed by atoms with E-state index >= 15 is 0 Å². The molecule has 0 heterocycles. The van der Waals surface area contributed by atoms with Gasteiger partial charge in [0.25, 0.3) is 0 Å². The molecular formula is C16H23BrN2O2. The van der Waals surface area contributed by atoms with Crippen molar-refractivity contribution in [2.75, 3.05) is 44.4 Å². The summed E-state index contributed by atoms with van der Waals surface area (Å²) >= 11 is 3.42. The molecule has 0 unspecified atom stereocenters. The van der Waals surface area contributed by atoms with E-state index < -0.39 is 0 Å². The average Bonchev–Trinajstić information content (AvgIpc) is 2.53. The summed E-state index contributed by atoms with van der Waals surface area (Å²) in [4.78, 5) is 2.15. The first-order valence-electron chi connectivity index (χ1n) is 7.26. The highest BCUT2D eigenvalue weighted by atomic mass is 79.9. The lowest BCUT2D eigenvalue weighted by atomic mass is 10.1. The molecule has 0 aliphatic rings. The third-order valence-electron chi connectivity index (χ3n) is 3.10. The van der Waals surface area contributed by atoms with Crippen molar-refractivity contribution in [2.24, 2.45) is 0 Å². The fourth-order valence-corrected chi connectivity index (χ4v) is 2.37. The summed E-state index contributed by atoms with van der Waals surface area (Å²) in [7, 11) is 0. The molecule has 0 N–H and O–H groups in total. The number of ether oxygens (including phenoxy) is 2. The Bertz CT molecular complexity index is 450. The SMILES string of the molecule is CCOCCN(CCOCC)c1ccc(CBr)cc1C#N. The van der Waals surface area contributed by atoms with Crippen LogP contribution in [-0.4, -0.2) is 39.5 Å². The van der Waals surface area contributed by atoms with E-state index in [2.05, 4.69) is 26.9 Å². The minimum atomic E-state index is 0.647. The molecule has 0 spiro atoms. The van der Waals surface area contributed by atoms with Gasteiger partial charge in [0.15, 0.2) is 0 Å². The number of alkyl halides is 1. The number of benzene rings is 1. The quantitative estimate of drug-likeness (QED) is 0.477. The van der Waals surface area contributed by atoms with Crippen LogP contribution < -0.4 is 4.90 Å². The van der Waals surface area contributed by atoms with E-state index in [0.29, 0.717) is 32.0 Å². The Hall–Kier alpha value is -1.09. The van der Waals surface area contributed by atoms with Crippen molar-refractivity contribution >= 4 is 21.6 Å². The van der Waals surface area contributed by atoms with Gasteiger partial charge in [-0.25, -0.2) is 0 Å². The first-order valence-corrected chi connectivity index (χ1v) is 8.38. The van der Waals surface area contributed by atoms with Crippen LogP contribution in [0.5, 0.6) is 0 Å². The molecule has 116 valence electrons. The molecule has 0 aliphatic heterocycles. The van der Waals surface area contributed by atoms with E-state index in [0.717, 1.165) is 29.7 Å². The molecule has 1 aromatic rings. The van der Waals surface area contributed by atoms with Crippen LogP contribution in [0.15, 0.2) is 18.2 Å². The maximum atomic E-state index is 9.38. The molecule has 1 rings (SSSR count). The minimum absolute atomic E-state index is 0.647. The molecule has 5 heteroatoms. The summed E-state index contributed by atoms with van der Waals surface area (Å²) in [6, 6.07) is 8.26. The summed E-state index contributed by atoms with van der Waals surface area (Å²) in [5, 5.41) is 10.1. The Labute approximate surface area is 135 Å². The van der Waals surface area contributed by atoms with Gasteiger partial charge < -0.3 is 14.4 Å². The molecule has 0 bridgehead atoms. The summed E-state index contributed by atoms with van der Waals surface area (Å²) in [6.45, 7) is 8.17. The lowest BCUT2D eigenvalue weighted by Gasteiger charge is -2.26. The van der Waals surface area contributed by atoms with Crippen LogP contribution in [-0.2, 0) is 14.8 Å². The second-order valence-electron chi connectivity index (χ2n) is 4.48. The highest BCUT2D eigenvalue weighted by molar-refractivity contribution is 9.08. The third kappa shape index (κ3) is 6.04. The van der Waals surface area contributed by atoms with Gasteiger partial charge in [0.2, 0.25) is 0 Å². The number of halogens is 1. The monoisotopic (exact) mass is 354 g/mol. The largest absolute Gasteiger partial charge is 0.380 e. The molecule has 0 atom stereocenters. The zero-order valence-electron chi connectivity index (χ0n) is 12.8. The first-order chi connectivity index (χ1) is 10.3. The normalized spacial score (nSPS) is 10.4. The number of hydrogen-bond donors (Lipinski definition) is 0. The van der Waals surface area contributed by atoms with Crippen LogP contribution >= 0.6 is 15.9 Å². The smallest absolute Gasteiger partial charge is 0.101 e. The summed E-state index contributed by atoms with van der Waals surface area (Å²) in [5.74, 6) is 0. The molecule has 0 aromatic heterocycles. The maximum Gasteiger partial charge on any atom is 0.101 e. The fraction of sp³-hybridized carbons (Fsp3) is 0.562. The number of hydrogen-bond acceptors (Lipinski definition) is 4. The molecule has 0 saturated carbocycles. The van der Waals surface area contributed by atoms with Crippen molar-refractivity contribution < 1.29 is 9.47 Å². The lowest BCUT2D eigenvalue weighted by molar-refractivity contribution is 0.141. The van der Waals surface area contributed by atoms with Crippen LogP contribution in [0.25, 0.3) is 0 Å². The number of nitrogens with zero attached hydrogens (tertiary/aromatic N) is 2. The number of anilines is 1. The Kier molecular flexibility index (Phi) is 9.07. The van der Waals surface area contributed by atoms with Gasteiger partial charge in [-0.15, -0.1) is 0 Å². The summed E-state index contributed by atoms with van der Waals surface area (Å²) in [6.07, 6.45) is 0. The standard InChI is InChI=1S/C16H23BrN2O2/c1-3-20-9-7-19(8-10-21-4-2)16-6-5-14(12-17)11-15(16)13-18/h5-6,11H,3-4,7-10,12H2,1-2H3. The highest BCUT2D eigenvalue weighted by Crippen LogP contribution is 2.22. The van der Waals surface area contributed by atoms with Gasteiger partial charge in [-0.1, -0.05) is 22.0 Å². The van der Waals surface area contributed by atoms with Crippen LogP contribution in [0.4, 0.5) is 5.69 Å². The van der Waals surface area contributed by atoms with E-state index in [1.54, 1.807) is 0 Å². The average molecular weight is 355 g/mol. The predicted molar refractivity (Wildman–Crippen MR) is 89.0 cm³/mol. The molecule has 0 radical (unpaired) electrons. The molecule has 0 fully saturated rings. The van der Waals surface area contributed by atoms with Gasteiger partial charge >= 0.3 is 0 Å². The highest BCUT2D eigenvalue weighted by Gasteiger charge is 2.12. The number of rotatable bonds is 10. The maximum absolute atomic E-state index is 9.38. The van der Waals surface area contributed by atoms with Gasteiger partial charge in [-0.3, -0.25) is 0 Å². The van der Waals surface area contributed by atoms with E-state index in [4.69, 9.17) is 9.47 Å². The van der Waals surface area contributed by atoms with E-state index in [1.165, 1.54) is 0 Å². The molecule has 0 aliphatic carbocycles. The van der Waals surface area contributed by atoms with Gasteiger partial charge in [0, 0.05) is 31.6 Å². The van der Waals surface area contributed by atoms with Crippen molar-refractivity contribution in [3.05, 3.63) is 29.3 Å². The molecule has 21 heavy (non-hydrogen) atoms. The Morgan fingerprint density at radius 2 is 1.76 bits per heavy atom. The van der Waals surface area contributed by atoms with Gasteiger partial charge in [0.05, 0.1) is 24.5 Å². The second kappa shape index (κ2) is 10.6. The predicted octanol–water partition coefficient (Wildman–Crippen LogP) is 3.33. The van der Waals surface area contributed by atoms with Crippen molar-refractivity contribution in [2.45, 2.75) is 19.2 Å². The van der Waals surface area contributed by atoms with Crippen LogP contribution in [0.2, 0.25) is 0 Å². The first kappa shape index (κ1) is 18.0. The molecule has 0 saturated heterocycles. The zero-order chi connectivity index (χ0) is 15.5. The molecule has 0 amide bonds. The second-order valence-corrected chi connectivity index (χ2v) is 5.04. The van der Waals surface area contributed by atoms with Gasteiger partial charge in [-0.05, 0) is 31.5 Å². The third-order valence-corrected chi connectivity index (χ3v) is 3.74. The van der Waals surface area contributed by atoms with Crippen molar-refractivity contribution in [1.82, 2.24) is 0 Å². The van der Waals surface area contributed by atoms with Crippen molar-refractivity contribution in [1.29, 1.82) is 5.26 Å². The summed E-state index contributed by atoms with van der Waals surface area (Å²) < 4.78 is 10.9. The van der Waals surface area contributed by atoms with E-state index in [9.17, 15) is 5.26 Å². The summed E-state index contributed by atoms with van der Waals surface area (Å²) in [5.41, 5.74) is 2.74. The molecule has 1 aromatic carbocycles. The van der Waals surface area contributed by atoms with Crippen LogP contribution in [0, 0.1) is 11.3 Å². The van der Waals surface area contributed by atoms with Gasteiger partial charge in [0.1, 0.15) is 6.07 Å². The minimum Gasteiger partial charge on any atom is -0.380 e. The van der Waals surface area contributed by atoms with Crippen molar-refractivity contribution in [3.8, 4) is 6.07 Å². The zero-order valence-corrected chi connectivity index (χ0v) is 14.4. The van der Waals surface area contributed by atoms with E-state index in [1.807, 2.05) is 32.0 Å². The van der Waals surface area contributed by atoms with E-state index in [-0.39, 0.29) is 0 Å². The number of nitriles is 1.